The SMILES string of the molecule is CC(C)C1CN(C(=O)c2ccc3nccnc3c2)CCS1. The summed E-state index contributed by atoms with van der Waals surface area (Å²) in [4.78, 5) is 23.2. The number of nitrogens with zero attached hydrogens (tertiary/aromatic N) is 3. The molecule has 1 amide bonds. The minimum absolute atomic E-state index is 0.105. The van der Waals surface area contributed by atoms with Crippen LogP contribution >= 0.6 is 11.8 Å². The van der Waals surface area contributed by atoms with E-state index in [1.165, 1.54) is 0 Å². The van der Waals surface area contributed by atoms with Crippen LogP contribution in [-0.2, 0) is 0 Å². The Morgan fingerprint density at radius 3 is 2.81 bits per heavy atom. The molecular weight excluding hydrogens is 282 g/mol. The molecule has 3 rings (SSSR count). The molecule has 1 aliphatic rings. The van der Waals surface area contributed by atoms with Gasteiger partial charge in [0, 0.05) is 42.0 Å². The molecule has 1 aromatic heterocycles. The minimum atomic E-state index is 0.105. The van der Waals surface area contributed by atoms with Crippen molar-refractivity contribution in [1.29, 1.82) is 0 Å². The van der Waals surface area contributed by atoms with Crippen molar-refractivity contribution >= 4 is 28.7 Å². The highest BCUT2D eigenvalue weighted by Gasteiger charge is 2.26. The van der Waals surface area contributed by atoms with Crippen LogP contribution in [0.4, 0.5) is 0 Å². The third-order valence-corrected chi connectivity index (χ3v) is 5.38. The Bertz CT molecular complexity index is 659. The molecule has 1 aromatic carbocycles. The van der Waals surface area contributed by atoms with Crippen LogP contribution in [0.25, 0.3) is 11.0 Å². The van der Waals surface area contributed by atoms with Crippen LogP contribution < -0.4 is 0 Å². The lowest BCUT2D eigenvalue weighted by Crippen LogP contribution is -2.43. The fourth-order valence-corrected chi connectivity index (χ4v) is 3.84. The summed E-state index contributed by atoms with van der Waals surface area (Å²) in [5, 5.41) is 0.531. The van der Waals surface area contributed by atoms with E-state index in [0.29, 0.717) is 16.7 Å². The van der Waals surface area contributed by atoms with E-state index in [1.807, 2.05) is 34.9 Å². The molecule has 2 heterocycles. The van der Waals surface area contributed by atoms with Crippen molar-refractivity contribution in [3.8, 4) is 0 Å². The van der Waals surface area contributed by atoms with Crippen LogP contribution in [-0.4, -0.2) is 44.9 Å². The fourth-order valence-electron chi connectivity index (χ4n) is 2.54. The highest BCUT2D eigenvalue weighted by molar-refractivity contribution is 8.00. The second-order valence-corrected chi connectivity index (χ2v) is 7.01. The van der Waals surface area contributed by atoms with Crippen LogP contribution in [0.3, 0.4) is 0 Å². The Labute approximate surface area is 129 Å². The van der Waals surface area contributed by atoms with E-state index in [9.17, 15) is 4.79 Å². The van der Waals surface area contributed by atoms with Crippen molar-refractivity contribution in [2.45, 2.75) is 19.1 Å². The van der Waals surface area contributed by atoms with E-state index >= 15 is 0 Å². The van der Waals surface area contributed by atoms with Gasteiger partial charge in [0.15, 0.2) is 0 Å². The predicted molar refractivity (Wildman–Crippen MR) is 86.5 cm³/mol. The van der Waals surface area contributed by atoms with Gasteiger partial charge < -0.3 is 4.90 Å². The van der Waals surface area contributed by atoms with Crippen LogP contribution in [0.2, 0.25) is 0 Å². The first-order chi connectivity index (χ1) is 10.1. The van der Waals surface area contributed by atoms with Gasteiger partial charge in [-0.2, -0.15) is 11.8 Å². The van der Waals surface area contributed by atoms with E-state index in [1.54, 1.807) is 12.4 Å². The summed E-state index contributed by atoms with van der Waals surface area (Å²) in [5.74, 6) is 1.71. The van der Waals surface area contributed by atoms with Crippen molar-refractivity contribution in [2.24, 2.45) is 5.92 Å². The number of fused-ring (bicyclic) bond motifs is 1. The van der Waals surface area contributed by atoms with Gasteiger partial charge in [0.05, 0.1) is 11.0 Å². The minimum Gasteiger partial charge on any atom is -0.337 e. The molecule has 0 radical (unpaired) electrons. The zero-order chi connectivity index (χ0) is 14.8. The predicted octanol–water partition coefficient (Wildman–Crippen LogP) is 2.84. The zero-order valence-electron chi connectivity index (χ0n) is 12.3. The molecule has 2 aromatic rings. The molecule has 0 N–H and O–H groups in total. The third-order valence-electron chi connectivity index (χ3n) is 3.84. The standard InChI is InChI=1S/C16H19N3OS/c1-11(2)15-10-19(7-8-21-15)16(20)12-3-4-13-14(9-12)18-6-5-17-13/h3-6,9,11,15H,7-8,10H2,1-2H3. The fraction of sp³-hybridized carbons (Fsp3) is 0.438. The van der Waals surface area contributed by atoms with Gasteiger partial charge in [0.25, 0.3) is 5.91 Å². The zero-order valence-corrected chi connectivity index (χ0v) is 13.1. The average molecular weight is 301 g/mol. The van der Waals surface area contributed by atoms with Gasteiger partial charge in [-0.25, -0.2) is 0 Å². The summed E-state index contributed by atoms with van der Waals surface area (Å²) in [6, 6.07) is 5.57. The van der Waals surface area contributed by atoms with Gasteiger partial charge >= 0.3 is 0 Å². The number of amides is 1. The maximum absolute atomic E-state index is 12.7. The smallest absolute Gasteiger partial charge is 0.253 e. The Kier molecular flexibility index (Phi) is 4.10. The van der Waals surface area contributed by atoms with Crippen LogP contribution in [0.15, 0.2) is 30.6 Å². The maximum atomic E-state index is 12.7. The van der Waals surface area contributed by atoms with Gasteiger partial charge in [0.2, 0.25) is 0 Å². The first-order valence-corrected chi connectivity index (χ1v) is 8.31. The van der Waals surface area contributed by atoms with Crippen LogP contribution in [0, 0.1) is 5.92 Å². The first kappa shape index (κ1) is 14.3. The third kappa shape index (κ3) is 3.02. The number of rotatable bonds is 2. The summed E-state index contributed by atoms with van der Waals surface area (Å²) in [6.07, 6.45) is 3.32. The Morgan fingerprint density at radius 2 is 2.05 bits per heavy atom. The Balaban J connectivity index is 1.82. The molecule has 0 bridgehead atoms. The lowest BCUT2D eigenvalue weighted by molar-refractivity contribution is 0.0756. The second kappa shape index (κ2) is 6.02. The molecule has 1 unspecified atom stereocenters. The second-order valence-electron chi connectivity index (χ2n) is 5.66. The molecule has 5 heteroatoms. The number of carbonyl (C=O) groups is 1. The van der Waals surface area contributed by atoms with Crippen molar-refractivity contribution < 1.29 is 4.79 Å². The number of aromatic nitrogens is 2. The molecular formula is C16H19N3OS. The van der Waals surface area contributed by atoms with Crippen LogP contribution in [0.5, 0.6) is 0 Å². The molecule has 0 spiro atoms. The lowest BCUT2D eigenvalue weighted by atomic mass is 10.1. The number of thioether (sulfide) groups is 1. The normalized spacial score (nSPS) is 19.2. The molecule has 110 valence electrons. The van der Waals surface area contributed by atoms with Gasteiger partial charge in [-0.05, 0) is 24.1 Å². The van der Waals surface area contributed by atoms with Crippen molar-refractivity contribution in [3.05, 3.63) is 36.2 Å². The molecule has 1 atom stereocenters. The molecule has 21 heavy (non-hydrogen) atoms. The van der Waals surface area contributed by atoms with Crippen molar-refractivity contribution in [2.75, 3.05) is 18.8 Å². The quantitative estimate of drug-likeness (QED) is 0.855. The van der Waals surface area contributed by atoms with E-state index in [2.05, 4.69) is 23.8 Å². The molecule has 0 saturated carbocycles. The highest BCUT2D eigenvalue weighted by atomic mass is 32.2. The van der Waals surface area contributed by atoms with Gasteiger partial charge in [-0.1, -0.05) is 13.8 Å². The van der Waals surface area contributed by atoms with Gasteiger partial charge in [-0.3, -0.25) is 14.8 Å². The summed E-state index contributed by atoms with van der Waals surface area (Å²) in [7, 11) is 0. The summed E-state index contributed by atoms with van der Waals surface area (Å²) in [5.41, 5.74) is 2.30. The van der Waals surface area contributed by atoms with Crippen LogP contribution in [0.1, 0.15) is 24.2 Å². The van der Waals surface area contributed by atoms with E-state index < -0.39 is 0 Å². The maximum Gasteiger partial charge on any atom is 0.253 e. The monoisotopic (exact) mass is 301 g/mol. The van der Waals surface area contributed by atoms with Crippen molar-refractivity contribution in [1.82, 2.24) is 14.9 Å². The van der Waals surface area contributed by atoms with E-state index in [4.69, 9.17) is 0 Å². The molecule has 1 saturated heterocycles. The number of benzene rings is 1. The van der Waals surface area contributed by atoms with Gasteiger partial charge in [0.1, 0.15) is 0 Å². The highest BCUT2D eigenvalue weighted by Crippen LogP contribution is 2.26. The topological polar surface area (TPSA) is 46.1 Å². The number of carbonyl (C=O) groups excluding carboxylic acids is 1. The number of hydrogen-bond acceptors (Lipinski definition) is 4. The summed E-state index contributed by atoms with van der Waals surface area (Å²) < 4.78 is 0. The van der Waals surface area contributed by atoms with E-state index in [-0.39, 0.29) is 5.91 Å². The molecule has 1 fully saturated rings. The van der Waals surface area contributed by atoms with E-state index in [0.717, 1.165) is 29.9 Å². The molecule has 0 aliphatic carbocycles. The largest absolute Gasteiger partial charge is 0.337 e. The number of hydrogen-bond donors (Lipinski definition) is 0. The van der Waals surface area contributed by atoms with Gasteiger partial charge in [-0.15, -0.1) is 0 Å². The lowest BCUT2D eigenvalue weighted by Gasteiger charge is -2.34. The summed E-state index contributed by atoms with van der Waals surface area (Å²) >= 11 is 1.97. The van der Waals surface area contributed by atoms with Crippen molar-refractivity contribution in [3.63, 3.8) is 0 Å². The molecule has 4 nitrogen and oxygen atoms in total. The Morgan fingerprint density at radius 1 is 1.29 bits per heavy atom. The average Bonchev–Trinajstić information content (AvgIpc) is 2.53. The first-order valence-electron chi connectivity index (χ1n) is 7.27. The molecule has 1 aliphatic heterocycles. The summed E-state index contributed by atoms with van der Waals surface area (Å²) in [6.45, 7) is 6.10. The Hall–Kier alpha value is -1.62.